The molecule has 4 nitrogen and oxygen atoms in total. The Kier molecular flexibility index (Phi) is 3.84. The lowest BCUT2D eigenvalue weighted by Gasteiger charge is -2.36. The van der Waals surface area contributed by atoms with E-state index in [0.717, 1.165) is 12.5 Å². The number of aromatic nitrogens is 2. The minimum atomic E-state index is 0.129. The third kappa shape index (κ3) is 2.87. The van der Waals surface area contributed by atoms with E-state index in [1.807, 2.05) is 17.9 Å². The number of hydrogen-bond donors (Lipinski definition) is 1. The predicted molar refractivity (Wildman–Crippen MR) is 69.6 cm³/mol. The number of hydrogen-bond acceptors (Lipinski definition) is 3. The minimum Gasteiger partial charge on any atom is -0.326 e. The molecule has 2 atom stereocenters. The topological polar surface area (TPSA) is 47.1 Å². The molecule has 0 amide bonds. The average molecular weight is 236 g/mol. The van der Waals surface area contributed by atoms with Crippen LogP contribution in [0.2, 0.25) is 0 Å². The second-order valence-corrected chi connectivity index (χ2v) is 5.49. The van der Waals surface area contributed by atoms with E-state index in [2.05, 4.69) is 30.2 Å². The fourth-order valence-electron chi connectivity index (χ4n) is 2.75. The zero-order valence-corrected chi connectivity index (χ0v) is 11.1. The van der Waals surface area contributed by atoms with Gasteiger partial charge in [-0.25, -0.2) is 0 Å². The Morgan fingerprint density at radius 3 is 2.71 bits per heavy atom. The molecule has 2 N–H and O–H groups in total. The standard InChI is InChI=1S/C13H24N4/c1-10(14)13(12-7-15-17(3)9-12)16(2)8-11-5-4-6-11/h7,9-11,13H,4-6,8,14H2,1-3H3. The molecule has 2 unspecified atom stereocenters. The molecule has 96 valence electrons. The molecule has 1 aliphatic carbocycles. The van der Waals surface area contributed by atoms with Gasteiger partial charge in [0, 0.05) is 31.4 Å². The van der Waals surface area contributed by atoms with Crippen LogP contribution >= 0.6 is 0 Å². The van der Waals surface area contributed by atoms with Crippen LogP contribution < -0.4 is 5.73 Å². The Morgan fingerprint density at radius 1 is 1.59 bits per heavy atom. The first-order valence-corrected chi connectivity index (χ1v) is 6.52. The second kappa shape index (κ2) is 5.19. The summed E-state index contributed by atoms with van der Waals surface area (Å²) in [5.74, 6) is 0.873. The summed E-state index contributed by atoms with van der Waals surface area (Å²) in [4.78, 5) is 2.39. The van der Waals surface area contributed by atoms with Crippen LogP contribution in [0.5, 0.6) is 0 Å². The Labute approximate surface area is 104 Å². The second-order valence-electron chi connectivity index (χ2n) is 5.49. The van der Waals surface area contributed by atoms with Crippen molar-refractivity contribution in [3.05, 3.63) is 18.0 Å². The van der Waals surface area contributed by atoms with Gasteiger partial charge in [-0.1, -0.05) is 6.42 Å². The van der Waals surface area contributed by atoms with Crippen molar-refractivity contribution in [2.45, 2.75) is 38.3 Å². The molecule has 17 heavy (non-hydrogen) atoms. The largest absolute Gasteiger partial charge is 0.326 e. The monoisotopic (exact) mass is 236 g/mol. The van der Waals surface area contributed by atoms with E-state index in [9.17, 15) is 0 Å². The lowest BCUT2D eigenvalue weighted by atomic mass is 9.84. The highest BCUT2D eigenvalue weighted by molar-refractivity contribution is 5.12. The highest BCUT2D eigenvalue weighted by Gasteiger charge is 2.26. The van der Waals surface area contributed by atoms with Crippen LogP contribution in [0.1, 0.15) is 37.8 Å². The van der Waals surface area contributed by atoms with E-state index in [1.54, 1.807) is 0 Å². The summed E-state index contributed by atoms with van der Waals surface area (Å²) in [6.07, 6.45) is 8.16. The predicted octanol–water partition coefficient (Wildman–Crippen LogP) is 1.54. The van der Waals surface area contributed by atoms with E-state index in [4.69, 9.17) is 5.73 Å². The van der Waals surface area contributed by atoms with Gasteiger partial charge in [-0.15, -0.1) is 0 Å². The van der Waals surface area contributed by atoms with Gasteiger partial charge in [-0.05, 0) is 32.7 Å². The maximum Gasteiger partial charge on any atom is 0.0538 e. The van der Waals surface area contributed by atoms with Crippen molar-refractivity contribution in [1.29, 1.82) is 0 Å². The van der Waals surface area contributed by atoms with Crippen molar-refractivity contribution in [2.75, 3.05) is 13.6 Å². The molecule has 0 aliphatic heterocycles. The summed E-state index contributed by atoms with van der Waals surface area (Å²) in [5.41, 5.74) is 7.36. The van der Waals surface area contributed by atoms with Crippen LogP contribution in [0.3, 0.4) is 0 Å². The van der Waals surface area contributed by atoms with E-state index < -0.39 is 0 Å². The molecular formula is C13H24N4. The highest BCUT2D eigenvalue weighted by Crippen LogP contribution is 2.30. The van der Waals surface area contributed by atoms with Crippen LogP contribution in [-0.4, -0.2) is 34.3 Å². The summed E-state index contributed by atoms with van der Waals surface area (Å²) in [6.45, 7) is 3.23. The smallest absolute Gasteiger partial charge is 0.0538 e. The lowest BCUT2D eigenvalue weighted by Crippen LogP contribution is -2.40. The maximum absolute atomic E-state index is 6.14. The zero-order valence-electron chi connectivity index (χ0n) is 11.1. The van der Waals surface area contributed by atoms with Gasteiger partial charge in [0.2, 0.25) is 0 Å². The molecule has 1 aromatic heterocycles. The molecule has 0 radical (unpaired) electrons. The van der Waals surface area contributed by atoms with Crippen molar-refractivity contribution in [3.63, 3.8) is 0 Å². The number of rotatable bonds is 5. The summed E-state index contributed by atoms with van der Waals surface area (Å²) >= 11 is 0. The van der Waals surface area contributed by atoms with Crippen molar-refractivity contribution in [3.8, 4) is 0 Å². The van der Waals surface area contributed by atoms with Gasteiger partial charge in [0.1, 0.15) is 0 Å². The Hall–Kier alpha value is -0.870. The van der Waals surface area contributed by atoms with Crippen molar-refractivity contribution in [2.24, 2.45) is 18.7 Å². The number of nitrogens with two attached hydrogens (primary N) is 1. The normalized spacial score (nSPS) is 20.3. The lowest BCUT2D eigenvalue weighted by molar-refractivity contribution is 0.149. The molecule has 1 heterocycles. The Balaban J connectivity index is 2.05. The first kappa shape index (κ1) is 12.6. The van der Waals surface area contributed by atoms with Crippen LogP contribution in [0.4, 0.5) is 0 Å². The zero-order chi connectivity index (χ0) is 12.4. The van der Waals surface area contributed by atoms with Crippen LogP contribution in [0, 0.1) is 5.92 Å². The highest BCUT2D eigenvalue weighted by atomic mass is 15.2. The van der Waals surface area contributed by atoms with Gasteiger partial charge in [0.15, 0.2) is 0 Å². The van der Waals surface area contributed by atoms with Crippen LogP contribution in [-0.2, 0) is 7.05 Å². The molecule has 0 bridgehead atoms. The molecule has 1 aliphatic rings. The first-order valence-electron chi connectivity index (χ1n) is 6.52. The van der Waals surface area contributed by atoms with Crippen molar-refractivity contribution in [1.82, 2.24) is 14.7 Å². The molecule has 0 saturated heterocycles. The number of aryl methyl sites for hydroxylation is 1. The molecule has 0 aromatic carbocycles. The van der Waals surface area contributed by atoms with Crippen LogP contribution in [0.15, 0.2) is 12.4 Å². The maximum atomic E-state index is 6.14. The van der Waals surface area contributed by atoms with E-state index in [0.29, 0.717) is 0 Å². The summed E-state index contributed by atoms with van der Waals surface area (Å²) in [6, 6.07) is 0.411. The summed E-state index contributed by atoms with van der Waals surface area (Å²) in [7, 11) is 4.13. The Morgan fingerprint density at radius 2 is 2.29 bits per heavy atom. The third-order valence-corrected chi connectivity index (χ3v) is 3.81. The van der Waals surface area contributed by atoms with Gasteiger partial charge in [-0.3, -0.25) is 9.58 Å². The molecule has 4 heteroatoms. The first-order chi connectivity index (χ1) is 8.08. The van der Waals surface area contributed by atoms with E-state index >= 15 is 0 Å². The minimum absolute atomic E-state index is 0.129. The summed E-state index contributed by atoms with van der Waals surface area (Å²) < 4.78 is 1.85. The molecule has 0 spiro atoms. The summed E-state index contributed by atoms with van der Waals surface area (Å²) in [5, 5.41) is 4.25. The van der Waals surface area contributed by atoms with Gasteiger partial charge < -0.3 is 5.73 Å². The van der Waals surface area contributed by atoms with Crippen molar-refractivity contribution < 1.29 is 0 Å². The van der Waals surface area contributed by atoms with Gasteiger partial charge in [0.25, 0.3) is 0 Å². The molecule has 2 rings (SSSR count). The van der Waals surface area contributed by atoms with Gasteiger partial charge >= 0.3 is 0 Å². The van der Waals surface area contributed by atoms with Crippen molar-refractivity contribution >= 4 is 0 Å². The average Bonchev–Trinajstić information content (AvgIpc) is 2.58. The van der Waals surface area contributed by atoms with Gasteiger partial charge in [-0.2, -0.15) is 5.10 Å². The quantitative estimate of drug-likeness (QED) is 0.843. The van der Waals surface area contributed by atoms with Gasteiger partial charge in [0.05, 0.1) is 12.2 Å². The SMILES string of the molecule is CC(N)C(c1cnn(C)c1)N(C)CC1CCC1. The Bertz CT molecular complexity index is 354. The molecule has 1 aromatic rings. The fraction of sp³-hybridized carbons (Fsp3) is 0.769. The number of nitrogens with zero attached hydrogens (tertiary/aromatic N) is 3. The molecular weight excluding hydrogens is 212 g/mol. The number of likely N-dealkylation sites (N-methyl/N-ethyl adjacent to an activating group) is 1. The molecule has 1 saturated carbocycles. The van der Waals surface area contributed by atoms with E-state index in [1.165, 1.54) is 24.8 Å². The molecule has 1 fully saturated rings. The van der Waals surface area contributed by atoms with Crippen LogP contribution in [0.25, 0.3) is 0 Å². The fourth-order valence-corrected chi connectivity index (χ4v) is 2.75. The third-order valence-electron chi connectivity index (χ3n) is 3.81. The van der Waals surface area contributed by atoms with E-state index in [-0.39, 0.29) is 12.1 Å².